The Hall–Kier alpha value is -5.48. The van der Waals surface area contributed by atoms with Crippen LogP contribution in [0.3, 0.4) is 0 Å². The minimum Gasteiger partial charge on any atom is -0.455 e. The van der Waals surface area contributed by atoms with E-state index in [4.69, 9.17) is 21.1 Å². The molecule has 5 aromatic rings. The number of nitro groups is 1. The van der Waals surface area contributed by atoms with Crippen molar-refractivity contribution in [2.75, 3.05) is 62.7 Å². The molecule has 3 saturated heterocycles. The number of aromatic nitrogens is 2. The molecule has 14 nitrogen and oxygen atoms in total. The minimum absolute atomic E-state index is 0.0215. The molecule has 1 aliphatic carbocycles. The molecule has 330 valence electrons. The molecule has 16 heteroatoms. The van der Waals surface area contributed by atoms with Gasteiger partial charge in [0.2, 0.25) is 0 Å². The van der Waals surface area contributed by atoms with E-state index in [9.17, 15) is 23.3 Å². The number of allylic oxidation sites excluding steroid dienone is 1. The van der Waals surface area contributed by atoms with E-state index in [2.05, 4.69) is 55.8 Å². The molecule has 3 aromatic carbocycles. The van der Waals surface area contributed by atoms with Gasteiger partial charge in [-0.2, -0.15) is 0 Å². The number of benzene rings is 3. The summed E-state index contributed by atoms with van der Waals surface area (Å²) in [7, 11) is -4.55. The zero-order valence-corrected chi connectivity index (χ0v) is 37.0. The molecule has 3 aliphatic heterocycles. The maximum atomic E-state index is 14.0. The van der Waals surface area contributed by atoms with Gasteiger partial charge < -0.3 is 24.7 Å². The number of carbonyl (C=O) groups excluding carboxylic acids is 1. The Morgan fingerprint density at radius 2 is 1.78 bits per heavy atom. The van der Waals surface area contributed by atoms with Gasteiger partial charge in [0, 0.05) is 86.9 Å². The molecule has 9 rings (SSSR count). The van der Waals surface area contributed by atoms with Crippen LogP contribution in [0.1, 0.15) is 61.9 Å². The molecule has 0 saturated carbocycles. The molecule has 4 aliphatic rings. The quantitative estimate of drug-likeness (QED) is 0.0762. The predicted octanol–water partition coefficient (Wildman–Crippen LogP) is 8.91. The zero-order valence-electron chi connectivity index (χ0n) is 35.4. The number of hydrogen-bond donors (Lipinski definition) is 3. The van der Waals surface area contributed by atoms with Gasteiger partial charge in [0.25, 0.3) is 21.6 Å². The molecule has 2 unspecified atom stereocenters. The molecule has 2 atom stereocenters. The first-order valence-electron chi connectivity index (χ1n) is 21.6. The van der Waals surface area contributed by atoms with Crippen molar-refractivity contribution in [3.05, 3.63) is 117 Å². The van der Waals surface area contributed by atoms with Crippen LogP contribution >= 0.6 is 11.6 Å². The third kappa shape index (κ3) is 9.57. The zero-order chi connectivity index (χ0) is 43.9. The van der Waals surface area contributed by atoms with Gasteiger partial charge in [0.15, 0.2) is 0 Å². The third-order valence-corrected chi connectivity index (χ3v) is 14.7. The van der Waals surface area contributed by atoms with Crippen LogP contribution in [-0.2, 0) is 14.8 Å². The normalized spacial score (nSPS) is 20.5. The Balaban J connectivity index is 0.922. The van der Waals surface area contributed by atoms with E-state index in [0.717, 1.165) is 87.0 Å². The fraction of sp³-hybridized carbons (Fsp3) is 0.404. The highest BCUT2D eigenvalue weighted by Gasteiger charge is 2.41. The van der Waals surface area contributed by atoms with E-state index in [1.54, 1.807) is 24.4 Å². The van der Waals surface area contributed by atoms with Crippen LogP contribution in [0.4, 0.5) is 17.1 Å². The van der Waals surface area contributed by atoms with Gasteiger partial charge in [-0.05, 0) is 115 Å². The molecule has 0 radical (unpaired) electrons. The molecule has 5 heterocycles. The van der Waals surface area contributed by atoms with E-state index in [0.29, 0.717) is 43.0 Å². The van der Waals surface area contributed by atoms with E-state index < -0.39 is 31.4 Å². The number of pyridine rings is 1. The standard InChI is InChI=1S/C47H52ClN7O7S/c1-47(2)15-11-33(41(22-47)31-3-5-36(48)6-4-31)25-53-26-34-28-54(29-35(34)27-53)37-7-9-40(44(20-37)62-38-19-32-12-16-49-45(32)51-24-38)46(56)52-63(59,60)39-8-10-42(43(21-39)55(57)58)50-23-30-13-17-61-18-14-30/h3-10,12,16,19-21,24,30,34-35,50H,11,13-15,17-18,22-23,25-29H2,1-2H3,(H,49,51)(H,52,56). The second-order valence-corrected chi connectivity index (χ2v) is 20.3. The number of nitrogens with zero attached hydrogens (tertiary/aromatic N) is 4. The number of ether oxygens (including phenoxy) is 2. The third-order valence-electron chi connectivity index (χ3n) is 13.2. The van der Waals surface area contributed by atoms with Gasteiger partial charge in [0.05, 0.1) is 21.6 Å². The first-order chi connectivity index (χ1) is 30.3. The summed E-state index contributed by atoms with van der Waals surface area (Å²) in [6.45, 7) is 11.0. The first-order valence-corrected chi connectivity index (χ1v) is 23.5. The predicted molar refractivity (Wildman–Crippen MR) is 244 cm³/mol. The second-order valence-electron chi connectivity index (χ2n) is 18.2. The number of amides is 1. The van der Waals surface area contributed by atoms with E-state index in [1.165, 1.54) is 35.0 Å². The Morgan fingerprint density at radius 3 is 2.52 bits per heavy atom. The highest BCUT2D eigenvalue weighted by Crippen LogP contribution is 2.45. The number of aromatic amines is 1. The molecule has 2 aromatic heterocycles. The maximum absolute atomic E-state index is 14.0. The molecular formula is C47H52ClN7O7S. The van der Waals surface area contributed by atoms with Gasteiger partial charge in [-0.1, -0.05) is 43.2 Å². The van der Waals surface area contributed by atoms with Crippen molar-refractivity contribution in [3.63, 3.8) is 0 Å². The Labute approximate surface area is 372 Å². The van der Waals surface area contributed by atoms with Crippen molar-refractivity contribution < 1.29 is 27.6 Å². The molecule has 63 heavy (non-hydrogen) atoms. The van der Waals surface area contributed by atoms with Crippen molar-refractivity contribution in [1.29, 1.82) is 0 Å². The molecule has 1 amide bonds. The van der Waals surface area contributed by atoms with Crippen LogP contribution < -0.4 is 19.7 Å². The Bertz CT molecular complexity index is 2670. The van der Waals surface area contributed by atoms with Crippen LogP contribution in [0.5, 0.6) is 11.5 Å². The fourth-order valence-corrected chi connectivity index (χ4v) is 10.8. The topological polar surface area (TPSA) is 172 Å². The highest BCUT2D eigenvalue weighted by molar-refractivity contribution is 7.90. The van der Waals surface area contributed by atoms with Crippen LogP contribution in [0.25, 0.3) is 16.6 Å². The van der Waals surface area contributed by atoms with E-state index >= 15 is 0 Å². The van der Waals surface area contributed by atoms with Crippen LogP contribution in [0.15, 0.2) is 95.7 Å². The van der Waals surface area contributed by atoms with Gasteiger partial charge in [0.1, 0.15) is 22.8 Å². The average Bonchev–Trinajstić information content (AvgIpc) is 4.00. The fourth-order valence-electron chi connectivity index (χ4n) is 9.67. The van der Waals surface area contributed by atoms with Crippen LogP contribution in [0.2, 0.25) is 5.02 Å². The smallest absolute Gasteiger partial charge is 0.293 e. The Morgan fingerprint density at radius 1 is 1.02 bits per heavy atom. The lowest BCUT2D eigenvalue weighted by molar-refractivity contribution is -0.384. The highest BCUT2D eigenvalue weighted by atomic mass is 35.5. The molecular weight excluding hydrogens is 842 g/mol. The summed E-state index contributed by atoms with van der Waals surface area (Å²) in [5.41, 5.74) is 5.76. The van der Waals surface area contributed by atoms with Gasteiger partial charge in [-0.3, -0.25) is 19.8 Å². The number of anilines is 2. The lowest BCUT2D eigenvalue weighted by Crippen LogP contribution is -2.32. The molecule has 0 bridgehead atoms. The van der Waals surface area contributed by atoms with Gasteiger partial charge in [-0.25, -0.2) is 18.1 Å². The number of halogens is 1. The lowest BCUT2D eigenvalue weighted by atomic mass is 9.72. The summed E-state index contributed by atoms with van der Waals surface area (Å²) in [5.74, 6) is 0.755. The number of sulfonamides is 1. The number of fused-ring (bicyclic) bond motifs is 2. The second kappa shape index (κ2) is 17.6. The summed E-state index contributed by atoms with van der Waals surface area (Å²) in [6, 6.07) is 20.7. The van der Waals surface area contributed by atoms with E-state index in [-0.39, 0.29) is 28.3 Å². The number of H-pyrrole nitrogens is 1. The monoisotopic (exact) mass is 893 g/mol. The summed E-state index contributed by atoms with van der Waals surface area (Å²) in [4.78, 5) is 37.4. The SMILES string of the molecule is CC1(C)CCC(CN2CC3CN(c4ccc(C(=O)NS(=O)(=O)c5ccc(NCC6CCOCC6)c([N+](=O)[O-])c5)c(Oc5cnc6[nH]ccc6c5)c4)CC3C2)=C(c2ccc(Cl)cc2)C1. The van der Waals surface area contributed by atoms with Crippen molar-refractivity contribution in [3.8, 4) is 11.5 Å². The molecule has 0 spiro atoms. The summed E-state index contributed by atoms with van der Waals surface area (Å²) in [5, 5.41) is 16.7. The lowest BCUT2D eigenvalue weighted by Gasteiger charge is -2.35. The number of nitro benzene ring substituents is 1. The van der Waals surface area contributed by atoms with Crippen molar-refractivity contribution >= 4 is 61.2 Å². The van der Waals surface area contributed by atoms with Crippen LogP contribution in [0, 0.1) is 33.3 Å². The Kier molecular flexibility index (Phi) is 12.0. The number of rotatable bonds is 13. The largest absolute Gasteiger partial charge is 0.455 e. The molecule has 3 N–H and O–H groups in total. The summed E-state index contributed by atoms with van der Waals surface area (Å²) >= 11 is 6.26. The van der Waals surface area contributed by atoms with Gasteiger partial charge in [-0.15, -0.1) is 0 Å². The number of hydrogen-bond acceptors (Lipinski definition) is 11. The van der Waals surface area contributed by atoms with Crippen molar-refractivity contribution in [2.24, 2.45) is 23.2 Å². The van der Waals surface area contributed by atoms with Crippen molar-refractivity contribution in [1.82, 2.24) is 19.6 Å². The summed E-state index contributed by atoms with van der Waals surface area (Å²) < 4.78 is 41.3. The van der Waals surface area contributed by atoms with Crippen molar-refractivity contribution in [2.45, 2.75) is 50.8 Å². The van der Waals surface area contributed by atoms with E-state index in [1.807, 2.05) is 24.3 Å². The first kappa shape index (κ1) is 42.8. The van der Waals surface area contributed by atoms with Gasteiger partial charge >= 0.3 is 0 Å². The average molecular weight is 894 g/mol. The molecule has 3 fully saturated rings. The number of likely N-dealkylation sites (tertiary alicyclic amines) is 1. The number of carbonyl (C=O) groups is 1. The minimum atomic E-state index is -4.55. The maximum Gasteiger partial charge on any atom is 0.293 e. The number of nitrogens with one attached hydrogen (secondary N) is 3. The summed E-state index contributed by atoms with van der Waals surface area (Å²) in [6.07, 6.45) is 8.25. The van der Waals surface area contributed by atoms with Crippen LogP contribution in [-0.4, -0.2) is 86.6 Å².